The van der Waals surface area contributed by atoms with Crippen molar-refractivity contribution in [3.05, 3.63) is 102 Å². The minimum absolute atomic E-state index is 0.670. The van der Waals surface area contributed by atoms with Crippen LogP contribution in [0.4, 0.5) is 0 Å². The van der Waals surface area contributed by atoms with Crippen molar-refractivity contribution < 1.29 is 0 Å². The number of hydrogen-bond donors (Lipinski definition) is 0. The van der Waals surface area contributed by atoms with Crippen LogP contribution in [0.15, 0.2) is 91.0 Å². The Morgan fingerprint density at radius 2 is 1.37 bits per heavy atom. The maximum absolute atomic E-state index is 8.96. The van der Waals surface area contributed by atoms with E-state index in [1.54, 1.807) is 0 Å². The van der Waals surface area contributed by atoms with E-state index in [9.17, 15) is 0 Å². The van der Waals surface area contributed by atoms with Crippen LogP contribution in [0, 0.1) is 18.3 Å². The lowest BCUT2D eigenvalue weighted by Gasteiger charge is -2.10. The normalized spacial score (nSPS) is 10.4. The third kappa shape index (κ3) is 3.49. The van der Waals surface area contributed by atoms with Crippen molar-refractivity contribution in [2.24, 2.45) is 0 Å². The molecule has 1 heterocycles. The standard InChI is InChI=1S/C25H18N2/c1-18-24(21-6-3-2-4-7-21)14-15-25(27-18)23-9-5-8-22(16-23)20-12-10-19(17-26)11-13-20/h2-16H,1H3. The fourth-order valence-corrected chi connectivity index (χ4v) is 3.24. The minimum Gasteiger partial charge on any atom is -0.252 e. The Kier molecular flexibility index (Phi) is 4.51. The van der Waals surface area contributed by atoms with E-state index in [-0.39, 0.29) is 0 Å². The highest BCUT2D eigenvalue weighted by Crippen LogP contribution is 2.28. The Morgan fingerprint density at radius 3 is 2.07 bits per heavy atom. The average molecular weight is 346 g/mol. The third-order valence-corrected chi connectivity index (χ3v) is 4.68. The van der Waals surface area contributed by atoms with E-state index in [1.807, 2.05) is 48.5 Å². The van der Waals surface area contributed by atoms with Gasteiger partial charge in [0.05, 0.1) is 17.3 Å². The molecule has 0 amide bonds. The first-order chi connectivity index (χ1) is 13.2. The van der Waals surface area contributed by atoms with Gasteiger partial charge in [0.1, 0.15) is 0 Å². The van der Waals surface area contributed by atoms with E-state index in [4.69, 9.17) is 10.2 Å². The number of pyridine rings is 1. The largest absolute Gasteiger partial charge is 0.252 e. The zero-order valence-corrected chi connectivity index (χ0v) is 15.1. The minimum atomic E-state index is 0.670. The van der Waals surface area contributed by atoms with Crippen molar-refractivity contribution in [3.8, 4) is 39.6 Å². The van der Waals surface area contributed by atoms with Gasteiger partial charge in [-0.15, -0.1) is 0 Å². The van der Waals surface area contributed by atoms with Crippen molar-refractivity contribution >= 4 is 0 Å². The molecule has 0 spiro atoms. The summed E-state index contributed by atoms with van der Waals surface area (Å²) in [6.45, 7) is 2.05. The molecule has 2 heteroatoms. The highest BCUT2D eigenvalue weighted by Gasteiger charge is 2.07. The van der Waals surface area contributed by atoms with Crippen LogP contribution >= 0.6 is 0 Å². The molecular formula is C25H18N2. The van der Waals surface area contributed by atoms with Crippen LogP contribution in [0.5, 0.6) is 0 Å². The molecule has 128 valence electrons. The van der Waals surface area contributed by atoms with E-state index in [0.29, 0.717) is 5.56 Å². The Bertz CT molecular complexity index is 1120. The van der Waals surface area contributed by atoms with E-state index >= 15 is 0 Å². The predicted molar refractivity (Wildman–Crippen MR) is 110 cm³/mol. The van der Waals surface area contributed by atoms with Gasteiger partial charge in [-0.1, -0.05) is 66.7 Å². The number of hydrogen-bond acceptors (Lipinski definition) is 2. The lowest BCUT2D eigenvalue weighted by molar-refractivity contribution is 1.21. The second-order valence-corrected chi connectivity index (χ2v) is 6.47. The third-order valence-electron chi connectivity index (χ3n) is 4.68. The van der Waals surface area contributed by atoms with Gasteiger partial charge >= 0.3 is 0 Å². The predicted octanol–water partition coefficient (Wildman–Crippen LogP) is 6.26. The Balaban J connectivity index is 1.70. The molecule has 1 aromatic heterocycles. The van der Waals surface area contributed by atoms with Crippen molar-refractivity contribution in [2.75, 3.05) is 0 Å². The van der Waals surface area contributed by atoms with E-state index in [2.05, 4.69) is 55.5 Å². The topological polar surface area (TPSA) is 36.7 Å². The summed E-state index contributed by atoms with van der Waals surface area (Å²) in [4.78, 5) is 4.84. The SMILES string of the molecule is Cc1nc(-c2cccc(-c3ccc(C#N)cc3)c2)ccc1-c1ccccc1. The molecule has 27 heavy (non-hydrogen) atoms. The first-order valence-electron chi connectivity index (χ1n) is 8.88. The van der Waals surface area contributed by atoms with Gasteiger partial charge in [0.15, 0.2) is 0 Å². The number of aromatic nitrogens is 1. The van der Waals surface area contributed by atoms with Gasteiger partial charge in [-0.25, -0.2) is 0 Å². The zero-order valence-electron chi connectivity index (χ0n) is 15.1. The number of nitrogens with zero attached hydrogens (tertiary/aromatic N) is 2. The molecule has 4 rings (SSSR count). The van der Waals surface area contributed by atoms with Gasteiger partial charge in [-0.05, 0) is 47.9 Å². The smallest absolute Gasteiger partial charge is 0.0991 e. The van der Waals surface area contributed by atoms with Crippen molar-refractivity contribution in [3.63, 3.8) is 0 Å². The quantitative estimate of drug-likeness (QED) is 0.439. The van der Waals surface area contributed by atoms with Crippen LogP contribution in [-0.2, 0) is 0 Å². The van der Waals surface area contributed by atoms with E-state index in [0.717, 1.165) is 33.6 Å². The summed E-state index contributed by atoms with van der Waals surface area (Å²) in [5.41, 5.74) is 8.27. The maximum atomic E-state index is 8.96. The van der Waals surface area contributed by atoms with Gasteiger partial charge in [-0.2, -0.15) is 5.26 Å². The molecule has 0 aliphatic rings. The summed E-state index contributed by atoms with van der Waals surface area (Å²) < 4.78 is 0. The Hall–Kier alpha value is -3.70. The van der Waals surface area contributed by atoms with Gasteiger partial charge in [0.2, 0.25) is 0 Å². The molecular weight excluding hydrogens is 328 g/mol. The van der Waals surface area contributed by atoms with Crippen LogP contribution < -0.4 is 0 Å². The van der Waals surface area contributed by atoms with Gasteiger partial charge in [-0.3, -0.25) is 4.98 Å². The van der Waals surface area contributed by atoms with Gasteiger partial charge in [0.25, 0.3) is 0 Å². The monoisotopic (exact) mass is 346 g/mol. The summed E-state index contributed by atoms with van der Waals surface area (Å²) >= 11 is 0. The molecule has 0 bridgehead atoms. The zero-order chi connectivity index (χ0) is 18.6. The highest BCUT2D eigenvalue weighted by molar-refractivity contribution is 5.74. The molecule has 0 aliphatic carbocycles. The fraction of sp³-hybridized carbons (Fsp3) is 0.0400. The first-order valence-corrected chi connectivity index (χ1v) is 8.88. The van der Waals surface area contributed by atoms with E-state index in [1.165, 1.54) is 5.56 Å². The molecule has 0 N–H and O–H groups in total. The summed E-state index contributed by atoms with van der Waals surface area (Å²) in [7, 11) is 0. The Morgan fingerprint density at radius 1 is 0.667 bits per heavy atom. The number of benzene rings is 3. The molecule has 4 aromatic rings. The molecule has 0 unspecified atom stereocenters. The van der Waals surface area contributed by atoms with Crippen LogP contribution in [0.2, 0.25) is 0 Å². The van der Waals surface area contributed by atoms with Crippen LogP contribution in [0.3, 0.4) is 0 Å². The van der Waals surface area contributed by atoms with Crippen molar-refractivity contribution in [1.82, 2.24) is 4.98 Å². The molecule has 0 radical (unpaired) electrons. The molecule has 0 aliphatic heterocycles. The second kappa shape index (κ2) is 7.27. The van der Waals surface area contributed by atoms with Crippen LogP contribution in [0.1, 0.15) is 11.3 Å². The molecule has 2 nitrogen and oxygen atoms in total. The number of aryl methyl sites for hydroxylation is 1. The summed E-state index contributed by atoms with van der Waals surface area (Å²) in [6.07, 6.45) is 0. The van der Waals surface area contributed by atoms with Gasteiger partial charge in [0, 0.05) is 16.8 Å². The summed E-state index contributed by atoms with van der Waals surface area (Å²) in [6, 6.07) is 32.7. The van der Waals surface area contributed by atoms with Crippen LogP contribution in [-0.4, -0.2) is 4.98 Å². The van der Waals surface area contributed by atoms with Gasteiger partial charge < -0.3 is 0 Å². The van der Waals surface area contributed by atoms with Crippen molar-refractivity contribution in [1.29, 1.82) is 5.26 Å². The Labute approximate surface area is 159 Å². The summed E-state index contributed by atoms with van der Waals surface area (Å²) in [5.74, 6) is 0. The fourth-order valence-electron chi connectivity index (χ4n) is 3.24. The van der Waals surface area contributed by atoms with Crippen molar-refractivity contribution in [2.45, 2.75) is 6.92 Å². The number of nitriles is 1. The lowest BCUT2D eigenvalue weighted by atomic mass is 9.99. The second-order valence-electron chi connectivity index (χ2n) is 6.47. The molecule has 0 saturated heterocycles. The average Bonchev–Trinajstić information content (AvgIpc) is 2.74. The molecule has 0 fully saturated rings. The molecule has 0 saturated carbocycles. The highest BCUT2D eigenvalue weighted by atomic mass is 14.7. The van der Waals surface area contributed by atoms with Crippen LogP contribution in [0.25, 0.3) is 33.5 Å². The first kappa shape index (κ1) is 16.8. The molecule has 3 aromatic carbocycles. The van der Waals surface area contributed by atoms with E-state index < -0.39 is 0 Å². The maximum Gasteiger partial charge on any atom is 0.0991 e. The molecule has 0 atom stereocenters. The lowest BCUT2D eigenvalue weighted by Crippen LogP contribution is -1.91. The number of rotatable bonds is 3. The summed E-state index contributed by atoms with van der Waals surface area (Å²) in [5, 5.41) is 8.96.